The van der Waals surface area contributed by atoms with E-state index in [0.717, 1.165) is 43.8 Å². The van der Waals surface area contributed by atoms with Gasteiger partial charge in [-0.2, -0.15) is 4.98 Å². The Balaban J connectivity index is 1.57. The van der Waals surface area contributed by atoms with E-state index in [2.05, 4.69) is 34.2 Å². The number of likely N-dealkylation sites (tertiary alicyclic amines) is 1. The first kappa shape index (κ1) is 13.1. The van der Waals surface area contributed by atoms with Crippen molar-refractivity contribution in [3.8, 4) is 0 Å². The monoisotopic (exact) mass is 264 g/mol. The SMILES string of the molecule is CC(C)Cc1noc(CN2CCC3CCC(C2)N3)n1. The van der Waals surface area contributed by atoms with Crippen LogP contribution in [0.15, 0.2) is 4.52 Å². The van der Waals surface area contributed by atoms with Gasteiger partial charge in [-0.3, -0.25) is 4.90 Å². The summed E-state index contributed by atoms with van der Waals surface area (Å²) >= 11 is 0. The van der Waals surface area contributed by atoms with Crippen LogP contribution in [0.2, 0.25) is 0 Å². The molecule has 2 bridgehead atoms. The van der Waals surface area contributed by atoms with Crippen molar-refractivity contribution in [2.45, 2.75) is 58.2 Å². The lowest BCUT2D eigenvalue weighted by molar-refractivity contribution is 0.216. The van der Waals surface area contributed by atoms with Crippen LogP contribution < -0.4 is 5.32 Å². The molecular weight excluding hydrogens is 240 g/mol. The number of hydrogen-bond acceptors (Lipinski definition) is 5. The van der Waals surface area contributed by atoms with E-state index in [0.29, 0.717) is 12.0 Å². The topological polar surface area (TPSA) is 54.2 Å². The van der Waals surface area contributed by atoms with Gasteiger partial charge in [0.2, 0.25) is 5.89 Å². The van der Waals surface area contributed by atoms with Gasteiger partial charge in [0.05, 0.1) is 6.54 Å². The van der Waals surface area contributed by atoms with Crippen molar-refractivity contribution in [3.63, 3.8) is 0 Å². The maximum Gasteiger partial charge on any atom is 0.240 e. The average Bonchev–Trinajstić information content (AvgIpc) is 2.88. The Morgan fingerprint density at radius 1 is 1.32 bits per heavy atom. The molecule has 19 heavy (non-hydrogen) atoms. The van der Waals surface area contributed by atoms with E-state index in [9.17, 15) is 0 Å². The fourth-order valence-corrected chi connectivity index (χ4v) is 3.15. The summed E-state index contributed by atoms with van der Waals surface area (Å²) in [6.07, 6.45) is 4.79. The van der Waals surface area contributed by atoms with Crippen LogP contribution in [0.1, 0.15) is 44.8 Å². The Hall–Kier alpha value is -0.940. The molecule has 2 aliphatic rings. The number of nitrogens with zero attached hydrogens (tertiary/aromatic N) is 3. The largest absolute Gasteiger partial charge is 0.338 e. The molecular formula is C14H24N4O. The highest BCUT2D eigenvalue weighted by molar-refractivity contribution is 4.92. The Kier molecular flexibility index (Phi) is 3.84. The van der Waals surface area contributed by atoms with Gasteiger partial charge in [0, 0.05) is 31.6 Å². The fraction of sp³-hybridized carbons (Fsp3) is 0.857. The van der Waals surface area contributed by atoms with Gasteiger partial charge >= 0.3 is 0 Å². The normalized spacial score (nSPS) is 27.9. The third-order valence-corrected chi connectivity index (χ3v) is 4.07. The third kappa shape index (κ3) is 3.34. The van der Waals surface area contributed by atoms with Gasteiger partial charge in [-0.05, 0) is 25.2 Å². The summed E-state index contributed by atoms with van der Waals surface area (Å²) in [7, 11) is 0. The van der Waals surface area contributed by atoms with Crippen molar-refractivity contribution < 1.29 is 4.52 Å². The van der Waals surface area contributed by atoms with Crippen LogP contribution in [0.5, 0.6) is 0 Å². The molecule has 1 aromatic heterocycles. The number of aromatic nitrogens is 2. The van der Waals surface area contributed by atoms with Crippen molar-refractivity contribution in [1.82, 2.24) is 20.4 Å². The minimum Gasteiger partial charge on any atom is -0.338 e. The molecule has 2 unspecified atom stereocenters. The van der Waals surface area contributed by atoms with Crippen LogP contribution in [-0.2, 0) is 13.0 Å². The Morgan fingerprint density at radius 3 is 3.00 bits per heavy atom. The minimum absolute atomic E-state index is 0.573. The third-order valence-electron chi connectivity index (χ3n) is 4.07. The van der Waals surface area contributed by atoms with E-state index < -0.39 is 0 Å². The second kappa shape index (κ2) is 5.59. The van der Waals surface area contributed by atoms with Crippen LogP contribution in [0.25, 0.3) is 0 Å². The van der Waals surface area contributed by atoms with E-state index in [1.54, 1.807) is 0 Å². The van der Waals surface area contributed by atoms with Crippen molar-refractivity contribution >= 4 is 0 Å². The molecule has 3 heterocycles. The summed E-state index contributed by atoms with van der Waals surface area (Å²) in [5.74, 6) is 2.19. The number of fused-ring (bicyclic) bond motifs is 2. The lowest BCUT2D eigenvalue weighted by Gasteiger charge is -2.21. The van der Waals surface area contributed by atoms with Crippen LogP contribution in [-0.4, -0.2) is 40.2 Å². The molecule has 0 radical (unpaired) electrons. The lowest BCUT2D eigenvalue weighted by atomic mass is 10.1. The van der Waals surface area contributed by atoms with Gasteiger partial charge in [0.1, 0.15) is 0 Å². The highest BCUT2D eigenvalue weighted by Crippen LogP contribution is 2.21. The predicted molar refractivity (Wildman–Crippen MR) is 72.7 cm³/mol. The summed E-state index contributed by atoms with van der Waals surface area (Å²) in [5.41, 5.74) is 0. The highest BCUT2D eigenvalue weighted by Gasteiger charge is 2.29. The van der Waals surface area contributed by atoms with Crippen LogP contribution in [0.3, 0.4) is 0 Å². The minimum atomic E-state index is 0.573. The van der Waals surface area contributed by atoms with E-state index in [1.807, 2.05) is 0 Å². The molecule has 5 heteroatoms. The molecule has 1 N–H and O–H groups in total. The summed E-state index contributed by atoms with van der Waals surface area (Å²) in [4.78, 5) is 6.95. The molecule has 5 nitrogen and oxygen atoms in total. The average molecular weight is 264 g/mol. The standard InChI is InChI=1S/C14H24N4O/c1-10(2)7-13-16-14(19-17-13)9-18-6-5-11-3-4-12(8-18)15-11/h10-12,15H,3-9H2,1-2H3. The van der Waals surface area contributed by atoms with Gasteiger partial charge in [-0.15, -0.1) is 0 Å². The molecule has 2 aliphatic heterocycles. The molecule has 3 rings (SSSR count). The summed E-state index contributed by atoms with van der Waals surface area (Å²) in [5, 5.41) is 7.76. The Morgan fingerprint density at radius 2 is 2.16 bits per heavy atom. The molecule has 0 saturated carbocycles. The van der Waals surface area contributed by atoms with Gasteiger partial charge in [0.25, 0.3) is 0 Å². The second-order valence-electron chi connectivity index (χ2n) is 6.36. The van der Waals surface area contributed by atoms with Gasteiger partial charge in [-0.1, -0.05) is 19.0 Å². The van der Waals surface area contributed by atoms with E-state index >= 15 is 0 Å². The predicted octanol–water partition coefficient (Wildman–Crippen LogP) is 1.59. The zero-order valence-electron chi connectivity index (χ0n) is 11.9. The van der Waals surface area contributed by atoms with Crippen molar-refractivity contribution in [2.75, 3.05) is 13.1 Å². The molecule has 0 spiro atoms. The van der Waals surface area contributed by atoms with Crippen LogP contribution in [0.4, 0.5) is 0 Å². The fourth-order valence-electron chi connectivity index (χ4n) is 3.15. The summed E-state index contributed by atoms with van der Waals surface area (Å²) in [6, 6.07) is 1.39. The van der Waals surface area contributed by atoms with Crippen molar-refractivity contribution in [3.05, 3.63) is 11.7 Å². The first-order valence-electron chi connectivity index (χ1n) is 7.49. The highest BCUT2D eigenvalue weighted by atomic mass is 16.5. The first-order chi connectivity index (χ1) is 9.19. The lowest BCUT2D eigenvalue weighted by Crippen LogP contribution is -2.35. The van der Waals surface area contributed by atoms with Crippen molar-refractivity contribution in [2.24, 2.45) is 5.92 Å². The zero-order valence-corrected chi connectivity index (χ0v) is 11.9. The van der Waals surface area contributed by atoms with Crippen molar-refractivity contribution in [1.29, 1.82) is 0 Å². The smallest absolute Gasteiger partial charge is 0.240 e. The molecule has 2 saturated heterocycles. The zero-order chi connectivity index (χ0) is 13.2. The molecule has 2 fully saturated rings. The Bertz CT molecular complexity index is 417. The number of hydrogen-bond donors (Lipinski definition) is 1. The summed E-state index contributed by atoms with van der Waals surface area (Å²) in [6.45, 7) is 7.39. The maximum absolute atomic E-state index is 5.37. The van der Waals surface area contributed by atoms with E-state index in [-0.39, 0.29) is 0 Å². The van der Waals surface area contributed by atoms with Crippen LogP contribution in [0, 0.1) is 5.92 Å². The number of nitrogens with one attached hydrogen (secondary N) is 1. The second-order valence-corrected chi connectivity index (χ2v) is 6.36. The van der Waals surface area contributed by atoms with Gasteiger partial charge in [-0.25, -0.2) is 0 Å². The molecule has 106 valence electrons. The molecule has 1 aromatic rings. The molecule has 0 aliphatic carbocycles. The van der Waals surface area contributed by atoms with E-state index in [4.69, 9.17) is 4.52 Å². The Labute approximate surface area is 114 Å². The first-order valence-corrected chi connectivity index (χ1v) is 7.49. The molecule has 0 amide bonds. The van der Waals surface area contributed by atoms with Gasteiger partial charge in [0.15, 0.2) is 5.82 Å². The van der Waals surface area contributed by atoms with Gasteiger partial charge < -0.3 is 9.84 Å². The maximum atomic E-state index is 5.37. The number of rotatable bonds is 4. The van der Waals surface area contributed by atoms with Crippen LogP contribution >= 0.6 is 0 Å². The quantitative estimate of drug-likeness (QED) is 0.895. The molecule has 0 aromatic carbocycles. The summed E-state index contributed by atoms with van der Waals surface area (Å²) < 4.78 is 5.37. The van der Waals surface area contributed by atoms with E-state index in [1.165, 1.54) is 19.3 Å². The molecule has 2 atom stereocenters.